The molecule has 0 aliphatic carbocycles. The topological polar surface area (TPSA) is 70.9 Å². The van der Waals surface area contributed by atoms with Gasteiger partial charge in [-0.25, -0.2) is 9.18 Å². The molecule has 13 heteroatoms. The average molecular weight is 632 g/mol. The summed E-state index contributed by atoms with van der Waals surface area (Å²) in [6, 6.07) is 5.30. The fourth-order valence-electron chi connectivity index (χ4n) is 6.71. The van der Waals surface area contributed by atoms with Crippen molar-refractivity contribution in [3.8, 4) is 11.1 Å². The van der Waals surface area contributed by atoms with Crippen LogP contribution in [0.2, 0.25) is 0 Å². The number of benzene rings is 2. The summed E-state index contributed by atoms with van der Waals surface area (Å²) in [5.41, 5.74) is -0.906. The van der Waals surface area contributed by atoms with E-state index in [-0.39, 0.29) is 66.0 Å². The molecule has 4 heterocycles. The summed E-state index contributed by atoms with van der Waals surface area (Å²) in [6.45, 7) is 10.4. The summed E-state index contributed by atoms with van der Waals surface area (Å²) < 4.78 is 65.8. The first-order chi connectivity index (χ1) is 21.0. The summed E-state index contributed by atoms with van der Waals surface area (Å²) in [6.07, 6.45) is -3.51. The molecule has 2 aromatic carbocycles. The molecule has 3 aromatic rings. The highest BCUT2D eigenvalue weighted by Crippen LogP contribution is 2.48. The van der Waals surface area contributed by atoms with Crippen LogP contribution in [-0.4, -0.2) is 88.5 Å². The Morgan fingerprint density at radius 2 is 1.75 bits per heavy atom. The molecule has 0 spiro atoms. The Morgan fingerprint density at radius 1 is 1.09 bits per heavy atom. The van der Waals surface area contributed by atoms with Crippen molar-refractivity contribution in [3.05, 3.63) is 64.9 Å². The zero-order chi connectivity index (χ0) is 31.3. The van der Waals surface area contributed by atoms with Gasteiger partial charge in [0.05, 0.1) is 24.3 Å². The van der Waals surface area contributed by atoms with Crippen LogP contribution in [0.15, 0.2) is 52.7 Å². The highest BCUT2D eigenvalue weighted by Gasteiger charge is 2.40. The van der Waals surface area contributed by atoms with Crippen LogP contribution >= 0.6 is 11.8 Å². The highest BCUT2D eigenvalue weighted by molar-refractivity contribution is 7.99. The average Bonchev–Trinajstić information content (AvgIpc) is 3.20. The van der Waals surface area contributed by atoms with Crippen LogP contribution in [0.4, 0.5) is 23.4 Å². The van der Waals surface area contributed by atoms with Crippen LogP contribution in [0.1, 0.15) is 19.4 Å². The molecule has 1 aromatic heterocycles. The second-order valence-electron chi connectivity index (χ2n) is 11.5. The maximum Gasteiger partial charge on any atom is 0.417 e. The molecule has 44 heavy (non-hydrogen) atoms. The van der Waals surface area contributed by atoms with Crippen LogP contribution in [0, 0.1) is 5.82 Å². The summed E-state index contributed by atoms with van der Waals surface area (Å²) in [5.74, 6) is -0.194. The second-order valence-corrected chi connectivity index (χ2v) is 12.6. The number of nitrogens with zero attached hydrogens (tertiary/aromatic N) is 5. The van der Waals surface area contributed by atoms with Crippen LogP contribution in [0.5, 0.6) is 0 Å². The van der Waals surface area contributed by atoms with E-state index in [9.17, 15) is 27.2 Å². The lowest BCUT2D eigenvalue weighted by atomic mass is 9.96. The number of amides is 1. The smallest absolute Gasteiger partial charge is 0.379 e. The monoisotopic (exact) mass is 631 g/mol. The zero-order valence-corrected chi connectivity index (χ0v) is 25.3. The Labute approximate surface area is 256 Å². The summed E-state index contributed by atoms with van der Waals surface area (Å²) in [5, 5.41) is 0.218. The standard InChI is InChI=1S/C31H33F4N5O3S/c1-4-25(41)40-18(2)14-38(15-19(40)3)29-23-13-24(31(33,34)35)26(20-5-7-21(32)8-6-20)28-27(23)39(30(42)36-29)16-22(17-44-28)37-9-11-43-12-10-37/h4-8,13,18-19,22H,1,9-12,14-17H2,2-3H3/t18-,19+,22-/m1/s1. The molecule has 234 valence electrons. The van der Waals surface area contributed by atoms with Gasteiger partial charge >= 0.3 is 11.9 Å². The molecule has 0 unspecified atom stereocenters. The number of halogens is 4. The molecule has 1 amide bonds. The van der Waals surface area contributed by atoms with Crippen molar-refractivity contribution in [3.63, 3.8) is 0 Å². The first kappa shape index (κ1) is 30.6. The van der Waals surface area contributed by atoms with E-state index < -0.39 is 23.2 Å². The fourth-order valence-corrected chi connectivity index (χ4v) is 8.12. The molecule has 0 N–H and O–H groups in total. The van der Waals surface area contributed by atoms with Gasteiger partial charge < -0.3 is 14.5 Å². The number of aromatic nitrogens is 2. The Morgan fingerprint density at radius 3 is 2.36 bits per heavy atom. The molecule has 6 rings (SSSR count). The molecule has 3 aliphatic heterocycles. The van der Waals surface area contributed by atoms with E-state index in [0.29, 0.717) is 42.5 Å². The molecule has 3 aliphatic rings. The third-order valence-corrected chi connectivity index (χ3v) is 9.90. The van der Waals surface area contributed by atoms with E-state index in [1.54, 1.807) is 9.80 Å². The van der Waals surface area contributed by atoms with Gasteiger partial charge in [-0.3, -0.25) is 14.3 Å². The molecule has 2 saturated heterocycles. The number of carbonyl (C=O) groups is 1. The molecule has 8 nitrogen and oxygen atoms in total. The van der Waals surface area contributed by atoms with Gasteiger partial charge in [-0.2, -0.15) is 18.2 Å². The van der Waals surface area contributed by atoms with E-state index in [4.69, 9.17) is 4.74 Å². The van der Waals surface area contributed by atoms with Gasteiger partial charge in [0.2, 0.25) is 5.91 Å². The van der Waals surface area contributed by atoms with Crippen molar-refractivity contribution in [2.75, 3.05) is 50.0 Å². The van der Waals surface area contributed by atoms with Crippen LogP contribution < -0.4 is 10.6 Å². The molecule has 2 fully saturated rings. The van der Waals surface area contributed by atoms with Crippen molar-refractivity contribution in [1.82, 2.24) is 19.4 Å². The molecule has 0 bridgehead atoms. The minimum absolute atomic E-state index is 0.0777. The summed E-state index contributed by atoms with van der Waals surface area (Å²) in [4.78, 5) is 36.9. The van der Waals surface area contributed by atoms with E-state index in [1.807, 2.05) is 13.8 Å². The Kier molecular flexibility index (Phi) is 8.22. The highest BCUT2D eigenvalue weighted by atomic mass is 32.2. The van der Waals surface area contributed by atoms with Crippen molar-refractivity contribution in [2.24, 2.45) is 0 Å². The quantitative estimate of drug-likeness (QED) is 0.307. The van der Waals surface area contributed by atoms with E-state index in [2.05, 4.69) is 16.5 Å². The summed E-state index contributed by atoms with van der Waals surface area (Å²) >= 11 is 1.29. The SMILES string of the molecule is C=CC(=O)N1[C@H](C)CN(c2nc(=O)n3c4c(c(-c5ccc(F)cc5)c(C(F)(F)F)cc24)SC[C@H](N2CCOCC2)C3)C[C@@H]1C. The number of thioether (sulfide) groups is 1. The Hall–Kier alpha value is -3.42. The number of morpholine rings is 1. The third-order valence-electron chi connectivity index (χ3n) is 8.66. The maximum atomic E-state index is 14.9. The van der Waals surface area contributed by atoms with Crippen LogP contribution in [0.3, 0.4) is 0 Å². The van der Waals surface area contributed by atoms with E-state index in [1.165, 1.54) is 34.5 Å². The number of rotatable bonds is 4. The lowest BCUT2D eigenvalue weighted by molar-refractivity contribution is -0.137. The molecule has 3 atom stereocenters. The van der Waals surface area contributed by atoms with Gasteiger partial charge in [-0.05, 0) is 43.7 Å². The van der Waals surface area contributed by atoms with Gasteiger partial charge in [0.25, 0.3) is 0 Å². The number of anilines is 1. The Bertz CT molecular complexity index is 1640. The lowest BCUT2D eigenvalue weighted by Gasteiger charge is -2.44. The normalized spacial score (nSPS) is 23.1. The van der Waals surface area contributed by atoms with Crippen molar-refractivity contribution < 1.29 is 27.1 Å². The maximum absolute atomic E-state index is 14.9. The number of ether oxygens (including phenoxy) is 1. The number of carbonyl (C=O) groups excluding carboxylic acids is 1. The second kappa shape index (κ2) is 11.8. The van der Waals surface area contributed by atoms with Crippen LogP contribution in [0.25, 0.3) is 22.0 Å². The number of hydrogen-bond acceptors (Lipinski definition) is 7. The van der Waals surface area contributed by atoms with Gasteiger partial charge in [0.1, 0.15) is 11.6 Å². The van der Waals surface area contributed by atoms with Crippen molar-refractivity contribution in [2.45, 2.75) is 49.6 Å². The van der Waals surface area contributed by atoms with E-state index >= 15 is 0 Å². The fraction of sp³-hybridized carbons (Fsp3) is 0.452. The zero-order valence-electron chi connectivity index (χ0n) is 24.4. The first-order valence-corrected chi connectivity index (χ1v) is 15.6. The molecular weight excluding hydrogens is 598 g/mol. The van der Waals surface area contributed by atoms with Gasteiger partial charge in [0, 0.05) is 72.4 Å². The van der Waals surface area contributed by atoms with Crippen molar-refractivity contribution in [1.29, 1.82) is 0 Å². The van der Waals surface area contributed by atoms with E-state index in [0.717, 1.165) is 18.2 Å². The molecular formula is C31H33F4N5O3S. The van der Waals surface area contributed by atoms with Gasteiger partial charge in [0.15, 0.2) is 0 Å². The largest absolute Gasteiger partial charge is 0.417 e. The predicted molar refractivity (Wildman–Crippen MR) is 161 cm³/mol. The predicted octanol–water partition coefficient (Wildman–Crippen LogP) is 4.64. The first-order valence-electron chi connectivity index (χ1n) is 14.6. The number of alkyl halides is 3. The summed E-state index contributed by atoms with van der Waals surface area (Å²) in [7, 11) is 0. The van der Waals surface area contributed by atoms with Crippen molar-refractivity contribution >= 4 is 34.4 Å². The molecule has 0 saturated carbocycles. The minimum Gasteiger partial charge on any atom is -0.379 e. The third kappa shape index (κ3) is 5.49. The van der Waals surface area contributed by atoms with Crippen LogP contribution in [-0.2, 0) is 22.3 Å². The van der Waals surface area contributed by atoms with Gasteiger partial charge in [-0.15, -0.1) is 11.8 Å². The Balaban J connectivity index is 1.59. The number of piperazine rings is 1. The minimum atomic E-state index is -4.75. The lowest BCUT2D eigenvalue weighted by Crippen LogP contribution is -2.58. The van der Waals surface area contributed by atoms with Gasteiger partial charge in [-0.1, -0.05) is 18.7 Å². The number of hydrogen-bond donors (Lipinski definition) is 0. The molecule has 0 radical (unpaired) electrons.